The minimum absolute atomic E-state index is 0.183. The van der Waals surface area contributed by atoms with Gasteiger partial charge in [-0.2, -0.15) is 0 Å². The SMILES string of the molecule is C=Cc1nc2c3c(c4ccccc4c2nc1/C=C\C)OC(C)(C)C1CCC(C)CC31.CC(=O)N1CCN(c2ccccc2)CC1. The van der Waals surface area contributed by atoms with Gasteiger partial charge in [0.15, 0.2) is 0 Å². The van der Waals surface area contributed by atoms with Crippen molar-refractivity contribution in [1.82, 2.24) is 14.9 Å². The van der Waals surface area contributed by atoms with Crippen molar-refractivity contribution in [3.63, 3.8) is 0 Å². The van der Waals surface area contributed by atoms with Crippen LogP contribution in [0, 0.1) is 11.8 Å². The average molecular weight is 603 g/mol. The summed E-state index contributed by atoms with van der Waals surface area (Å²) in [6.07, 6.45) is 9.49. The number of piperazine rings is 1. The van der Waals surface area contributed by atoms with Gasteiger partial charge >= 0.3 is 0 Å². The molecule has 2 aliphatic heterocycles. The van der Waals surface area contributed by atoms with Gasteiger partial charge < -0.3 is 14.5 Å². The molecule has 1 aliphatic carbocycles. The third-order valence-corrected chi connectivity index (χ3v) is 9.98. The molecule has 1 saturated heterocycles. The summed E-state index contributed by atoms with van der Waals surface area (Å²) in [4.78, 5) is 25.6. The highest BCUT2D eigenvalue weighted by Crippen LogP contribution is 2.56. The van der Waals surface area contributed by atoms with E-state index in [0.717, 1.165) is 65.1 Å². The molecule has 3 unspecified atom stereocenters. The van der Waals surface area contributed by atoms with Gasteiger partial charge in [0, 0.05) is 61.0 Å². The molecule has 6 nitrogen and oxygen atoms in total. The Hall–Kier alpha value is -4.19. The molecule has 1 aromatic heterocycles. The molecule has 6 heteroatoms. The van der Waals surface area contributed by atoms with Crippen LogP contribution < -0.4 is 9.64 Å². The number of benzene rings is 3. The summed E-state index contributed by atoms with van der Waals surface area (Å²) in [7, 11) is 0. The van der Waals surface area contributed by atoms with E-state index in [1.54, 1.807) is 6.92 Å². The fraction of sp³-hybridized carbons (Fsp3) is 0.410. The van der Waals surface area contributed by atoms with Crippen molar-refractivity contribution in [2.45, 2.75) is 65.4 Å². The van der Waals surface area contributed by atoms with Gasteiger partial charge in [0.25, 0.3) is 0 Å². The molecule has 3 aromatic carbocycles. The van der Waals surface area contributed by atoms with Gasteiger partial charge in [0.05, 0.1) is 22.4 Å². The molecule has 3 heterocycles. The van der Waals surface area contributed by atoms with Crippen LogP contribution >= 0.6 is 0 Å². The van der Waals surface area contributed by atoms with E-state index in [0.29, 0.717) is 17.8 Å². The molecule has 7 rings (SSSR count). The zero-order valence-electron chi connectivity index (χ0n) is 27.4. The first kappa shape index (κ1) is 30.8. The average Bonchev–Trinajstić information content (AvgIpc) is 3.05. The normalized spacial score (nSPS) is 22.3. The number of hydrogen-bond donors (Lipinski definition) is 0. The smallest absolute Gasteiger partial charge is 0.219 e. The van der Waals surface area contributed by atoms with Crippen LogP contribution in [0.2, 0.25) is 0 Å². The number of fused-ring (bicyclic) bond motifs is 8. The van der Waals surface area contributed by atoms with Crippen molar-refractivity contribution < 1.29 is 9.53 Å². The second kappa shape index (κ2) is 12.7. The fourth-order valence-corrected chi connectivity index (χ4v) is 7.65. The Morgan fingerprint density at radius 2 is 1.60 bits per heavy atom. The molecule has 1 saturated carbocycles. The number of amides is 1. The molecule has 4 aromatic rings. The van der Waals surface area contributed by atoms with Gasteiger partial charge in [-0.3, -0.25) is 4.79 Å². The van der Waals surface area contributed by atoms with Crippen molar-refractivity contribution in [3.05, 3.63) is 84.2 Å². The van der Waals surface area contributed by atoms with Gasteiger partial charge in [0.1, 0.15) is 11.4 Å². The van der Waals surface area contributed by atoms with Crippen LogP contribution in [-0.2, 0) is 4.79 Å². The minimum atomic E-state index is -0.187. The highest BCUT2D eigenvalue weighted by Gasteiger charge is 2.47. The molecule has 0 bridgehead atoms. The molecular formula is C39H46N4O2. The van der Waals surface area contributed by atoms with Crippen LogP contribution in [0.1, 0.15) is 76.8 Å². The number of allylic oxidation sites excluding steroid dienone is 1. The van der Waals surface area contributed by atoms with E-state index in [-0.39, 0.29) is 11.5 Å². The minimum Gasteiger partial charge on any atom is -0.487 e. The number of anilines is 1. The van der Waals surface area contributed by atoms with Gasteiger partial charge in [-0.25, -0.2) is 9.97 Å². The first-order valence-corrected chi connectivity index (χ1v) is 16.5. The number of nitrogens with zero attached hydrogens (tertiary/aromatic N) is 4. The lowest BCUT2D eigenvalue weighted by Gasteiger charge is -2.49. The van der Waals surface area contributed by atoms with Gasteiger partial charge in [0.2, 0.25) is 5.91 Å². The van der Waals surface area contributed by atoms with Crippen LogP contribution in [0.15, 0.2) is 67.3 Å². The van der Waals surface area contributed by atoms with Crippen molar-refractivity contribution >= 4 is 45.6 Å². The maximum absolute atomic E-state index is 11.1. The van der Waals surface area contributed by atoms with E-state index in [4.69, 9.17) is 14.7 Å². The van der Waals surface area contributed by atoms with E-state index < -0.39 is 0 Å². The molecule has 234 valence electrons. The Bertz CT molecular complexity index is 1740. The Balaban J connectivity index is 0.000000200. The number of hydrogen-bond acceptors (Lipinski definition) is 5. The number of aromatic nitrogens is 2. The Labute approximate surface area is 267 Å². The summed E-state index contributed by atoms with van der Waals surface area (Å²) in [6, 6.07) is 18.8. The molecule has 3 aliphatic rings. The molecule has 0 N–H and O–H groups in total. The van der Waals surface area contributed by atoms with E-state index in [2.05, 4.69) is 68.6 Å². The highest BCUT2D eigenvalue weighted by atomic mass is 16.5. The van der Waals surface area contributed by atoms with Crippen molar-refractivity contribution in [3.8, 4) is 5.75 Å². The number of carbonyl (C=O) groups excluding carboxylic acids is 1. The lowest BCUT2D eigenvalue weighted by molar-refractivity contribution is -0.129. The van der Waals surface area contributed by atoms with Crippen LogP contribution in [0.4, 0.5) is 5.69 Å². The van der Waals surface area contributed by atoms with Gasteiger partial charge in [-0.15, -0.1) is 0 Å². The van der Waals surface area contributed by atoms with Crippen molar-refractivity contribution in [2.24, 2.45) is 11.8 Å². The number of rotatable bonds is 3. The maximum atomic E-state index is 11.1. The summed E-state index contributed by atoms with van der Waals surface area (Å²) in [6.45, 7) is 18.1. The Morgan fingerprint density at radius 1 is 0.933 bits per heavy atom. The largest absolute Gasteiger partial charge is 0.487 e. The Morgan fingerprint density at radius 3 is 2.27 bits per heavy atom. The third kappa shape index (κ3) is 5.95. The monoisotopic (exact) mass is 602 g/mol. The predicted octanol–water partition coefficient (Wildman–Crippen LogP) is 8.51. The lowest BCUT2D eigenvalue weighted by Crippen LogP contribution is -2.48. The van der Waals surface area contributed by atoms with Gasteiger partial charge in [-0.05, 0) is 69.7 Å². The Kier molecular flexibility index (Phi) is 8.67. The summed E-state index contributed by atoms with van der Waals surface area (Å²) in [5.74, 6) is 2.85. The van der Waals surface area contributed by atoms with Crippen LogP contribution in [0.25, 0.3) is 34.0 Å². The van der Waals surface area contributed by atoms with Crippen LogP contribution in [0.3, 0.4) is 0 Å². The van der Waals surface area contributed by atoms with E-state index in [1.807, 2.05) is 48.3 Å². The number of ether oxygens (including phenoxy) is 1. The molecule has 1 amide bonds. The lowest BCUT2D eigenvalue weighted by atomic mass is 9.64. The van der Waals surface area contributed by atoms with Crippen molar-refractivity contribution in [1.29, 1.82) is 0 Å². The second-order valence-electron chi connectivity index (χ2n) is 13.3. The molecule has 2 fully saturated rings. The van der Waals surface area contributed by atoms with E-state index in [1.165, 1.54) is 30.5 Å². The van der Waals surface area contributed by atoms with E-state index in [9.17, 15) is 4.79 Å². The standard InChI is InChI=1S/C27H30N2O.C12H16N2O/c1-6-10-22-21(7-2)28-25-23-19-15-16(3)13-14-20(19)27(4,5)30-26(23)18-12-9-8-11-17(18)24(25)29-22;1-11(15)13-7-9-14(10-8-13)12-5-3-2-4-6-12/h6-12,16,19-20H,2,13-15H2,1,3-5H3;2-6H,7-10H2,1H3/b10-6-;. The molecule has 0 radical (unpaired) electrons. The zero-order valence-corrected chi connectivity index (χ0v) is 27.4. The van der Waals surface area contributed by atoms with Crippen molar-refractivity contribution in [2.75, 3.05) is 31.1 Å². The topological polar surface area (TPSA) is 58.6 Å². The third-order valence-electron chi connectivity index (χ3n) is 9.98. The summed E-state index contributed by atoms with van der Waals surface area (Å²) >= 11 is 0. The summed E-state index contributed by atoms with van der Waals surface area (Å²) < 4.78 is 6.79. The fourth-order valence-electron chi connectivity index (χ4n) is 7.65. The molecule has 45 heavy (non-hydrogen) atoms. The first-order chi connectivity index (χ1) is 21.7. The number of para-hydroxylation sites is 1. The summed E-state index contributed by atoms with van der Waals surface area (Å²) in [5, 5.41) is 2.26. The zero-order chi connectivity index (χ0) is 31.7. The predicted molar refractivity (Wildman–Crippen MR) is 187 cm³/mol. The molecular weight excluding hydrogens is 556 g/mol. The highest BCUT2D eigenvalue weighted by molar-refractivity contribution is 6.10. The van der Waals surface area contributed by atoms with Crippen LogP contribution in [-0.4, -0.2) is 52.6 Å². The number of carbonyl (C=O) groups is 1. The van der Waals surface area contributed by atoms with E-state index >= 15 is 0 Å². The molecule has 0 spiro atoms. The van der Waals surface area contributed by atoms with Gasteiger partial charge in [-0.1, -0.05) is 68.5 Å². The van der Waals surface area contributed by atoms with Crippen LogP contribution in [0.5, 0.6) is 5.75 Å². The molecule has 3 atom stereocenters. The second-order valence-corrected chi connectivity index (χ2v) is 13.3. The summed E-state index contributed by atoms with van der Waals surface area (Å²) in [5.41, 5.74) is 6.00. The maximum Gasteiger partial charge on any atom is 0.219 e. The first-order valence-electron chi connectivity index (χ1n) is 16.5. The quantitative estimate of drug-likeness (QED) is 0.220.